The van der Waals surface area contributed by atoms with Gasteiger partial charge in [0.05, 0.1) is 70.8 Å². The smallest absolute Gasteiger partial charge is 0.129 e. The van der Waals surface area contributed by atoms with Gasteiger partial charge in [-0.15, -0.1) is 22.7 Å². The number of imidazole rings is 2. The summed E-state index contributed by atoms with van der Waals surface area (Å²) in [6, 6.07) is 34.3. The van der Waals surface area contributed by atoms with Crippen molar-refractivity contribution in [3.05, 3.63) is 156 Å². The summed E-state index contributed by atoms with van der Waals surface area (Å²) in [6.45, 7) is 0. The molecule has 0 bridgehead atoms. The van der Waals surface area contributed by atoms with Crippen LogP contribution in [0.15, 0.2) is 133 Å². The van der Waals surface area contributed by atoms with Gasteiger partial charge < -0.3 is 0 Å². The van der Waals surface area contributed by atoms with Gasteiger partial charge in [-0.25, -0.2) is 18.7 Å². The first-order chi connectivity index (χ1) is 27.5. The molecule has 0 radical (unpaired) electrons. The Kier molecular flexibility index (Phi) is 9.03. The highest BCUT2D eigenvalue weighted by atomic mass is 32.1. The monoisotopic (exact) mass is 768 g/mol. The minimum Gasteiger partial charge on any atom is -0.298 e. The molecule has 0 aliphatic rings. The largest absolute Gasteiger partial charge is 0.298 e. The second-order valence-electron chi connectivity index (χ2n) is 12.9. The molecule has 0 N–H and O–H groups in total. The number of hydrogen-bond donors (Lipinski definition) is 0. The predicted octanol–water partition coefficient (Wildman–Crippen LogP) is 11.0. The minimum atomic E-state index is -0.390. The maximum Gasteiger partial charge on any atom is 0.129 e. The number of nitrogens with zero attached hydrogens (tertiary/aromatic N) is 8. The summed E-state index contributed by atoms with van der Waals surface area (Å²) >= 11 is 3.36. The summed E-state index contributed by atoms with van der Waals surface area (Å²) in [5, 5.41) is 23.7. The van der Waals surface area contributed by atoms with Crippen LogP contribution in [0, 0.1) is 34.3 Å². The van der Waals surface area contributed by atoms with Gasteiger partial charge >= 0.3 is 0 Å². The molecule has 0 amide bonds. The topological polar surface area (TPSA) is 109 Å². The van der Waals surface area contributed by atoms with Gasteiger partial charge in [-0.2, -0.15) is 10.5 Å². The molecule has 6 aromatic heterocycles. The second kappa shape index (κ2) is 14.6. The maximum absolute atomic E-state index is 14.4. The average Bonchev–Trinajstić information content (AvgIpc) is 4.07. The third-order valence-electron chi connectivity index (χ3n) is 9.53. The number of thiophene rings is 2. The number of rotatable bonds is 6. The fourth-order valence-corrected chi connectivity index (χ4v) is 8.25. The first kappa shape index (κ1) is 34.6. The van der Waals surface area contributed by atoms with Crippen LogP contribution in [-0.2, 0) is 12.8 Å². The van der Waals surface area contributed by atoms with E-state index in [9.17, 15) is 8.78 Å². The van der Waals surface area contributed by atoms with Crippen molar-refractivity contribution >= 4 is 66.5 Å². The lowest BCUT2D eigenvalue weighted by Gasteiger charge is -2.09. The van der Waals surface area contributed by atoms with Crippen LogP contribution in [0.4, 0.5) is 8.78 Å². The van der Waals surface area contributed by atoms with Gasteiger partial charge in [0, 0.05) is 31.7 Å². The number of fused-ring (bicyclic) bond motifs is 6. The highest BCUT2D eigenvalue weighted by Gasteiger charge is 2.15. The molecule has 10 aromatic rings. The number of nitriles is 2. The Morgan fingerprint density at radius 3 is 1.39 bits per heavy atom. The summed E-state index contributed by atoms with van der Waals surface area (Å²) in [7, 11) is 0. The van der Waals surface area contributed by atoms with E-state index in [0.29, 0.717) is 22.5 Å². The summed E-state index contributed by atoms with van der Waals surface area (Å²) in [4.78, 5) is 20.3. The van der Waals surface area contributed by atoms with Gasteiger partial charge in [0.15, 0.2) is 0 Å². The zero-order valence-corrected chi connectivity index (χ0v) is 30.9. The molecule has 0 spiro atoms. The van der Waals surface area contributed by atoms with Crippen LogP contribution < -0.4 is 0 Å². The standard InChI is InChI=1S/2C22H13FN4S/c2*23-18-11-16(5-3-14(18)7-8-24)27-13-26-20-12-25-19-6-4-15(10-17(19)22(20)27)21-2-1-9-28-21/h2*1-6,9-13H,7H2. The molecule has 6 heterocycles. The van der Waals surface area contributed by atoms with Crippen LogP contribution in [0.2, 0.25) is 0 Å². The zero-order chi connectivity index (χ0) is 38.2. The summed E-state index contributed by atoms with van der Waals surface area (Å²) < 4.78 is 32.5. The first-order valence-electron chi connectivity index (χ1n) is 17.4. The SMILES string of the molecule is N#CCc1ccc(-n2cnc3cnc4ccc(-c5cccs5)cc4c32)cc1F.N#CCc1ccc(-n2cnc3cnc4ccc(-c5cccs5)cc4c32)cc1F. The van der Waals surface area contributed by atoms with Crippen LogP contribution in [0.25, 0.3) is 76.1 Å². The molecular formula is C44H26F2N8S2. The highest BCUT2D eigenvalue weighted by molar-refractivity contribution is 7.13. The Bertz CT molecular complexity index is 2940. The summed E-state index contributed by atoms with van der Waals surface area (Å²) in [5.41, 5.74) is 9.31. The van der Waals surface area contributed by atoms with Gasteiger partial charge in [-0.1, -0.05) is 36.4 Å². The third-order valence-corrected chi connectivity index (χ3v) is 11.4. The van der Waals surface area contributed by atoms with Crippen LogP contribution >= 0.6 is 22.7 Å². The summed E-state index contributed by atoms with van der Waals surface area (Å²) in [5.74, 6) is -0.780. The highest BCUT2D eigenvalue weighted by Crippen LogP contribution is 2.34. The number of pyridine rings is 2. The molecular weight excluding hydrogens is 743 g/mol. The number of hydrogen-bond acceptors (Lipinski definition) is 8. The molecule has 0 saturated carbocycles. The first-order valence-corrected chi connectivity index (χ1v) is 19.2. The van der Waals surface area contributed by atoms with Gasteiger partial charge in [0.1, 0.15) is 35.3 Å². The fourth-order valence-electron chi connectivity index (χ4n) is 6.80. The number of halogens is 2. The number of benzene rings is 4. The molecule has 8 nitrogen and oxygen atoms in total. The van der Waals surface area contributed by atoms with E-state index in [1.807, 2.05) is 68.4 Å². The van der Waals surface area contributed by atoms with E-state index in [2.05, 4.69) is 56.3 Å². The van der Waals surface area contributed by atoms with Crippen LogP contribution in [0.3, 0.4) is 0 Å². The van der Waals surface area contributed by atoms with E-state index in [-0.39, 0.29) is 12.8 Å². The Hall–Kier alpha value is -7.12. The van der Waals surface area contributed by atoms with Crippen molar-refractivity contribution in [2.45, 2.75) is 12.8 Å². The average molecular weight is 769 g/mol. The van der Waals surface area contributed by atoms with Crippen molar-refractivity contribution in [2.75, 3.05) is 0 Å². The molecule has 10 rings (SSSR count). The quantitative estimate of drug-likeness (QED) is 0.167. The van der Waals surface area contributed by atoms with Crippen molar-refractivity contribution in [2.24, 2.45) is 0 Å². The van der Waals surface area contributed by atoms with Gasteiger partial charge in [-0.3, -0.25) is 19.1 Å². The summed E-state index contributed by atoms with van der Waals surface area (Å²) in [6.07, 6.45) is 6.94. The van der Waals surface area contributed by atoms with Gasteiger partial charge in [-0.05, 0) is 82.6 Å². The molecule has 0 unspecified atom stereocenters. The molecule has 0 aliphatic heterocycles. The molecule has 0 fully saturated rings. The van der Waals surface area contributed by atoms with Gasteiger partial charge in [0.2, 0.25) is 0 Å². The Morgan fingerprint density at radius 1 is 0.536 bits per heavy atom. The van der Waals surface area contributed by atoms with Crippen LogP contribution in [0.1, 0.15) is 11.1 Å². The normalized spacial score (nSPS) is 11.1. The predicted molar refractivity (Wildman–Crippen MR) is 218 cm³/mol. The van der Waals surface area contributed by atoms with E-state index in [4.69, 9.17) is 10.5 Å². The zero-order valence-electron chi connectivity index (χ0n) is 29.3. The van der Waals surface area contributed by atoms with Gasteiger partial charge in [0.25, 0.3) is 0 Å². The van der Waals surface area contributed by atoms with E-state index in [1.165, 1.54) is 21.9 Å². The molecule has 56 heavy (non-hydrogen) atoms. The fraction of sp³-hybridized carbons (Fsp3) is 0.0455. The van der Waals surface area contributed by atoms with E-state index in [1.54, 1.807) is 59.9 Å². The van der Waals surface area contributed by atoms with E-state index in [0.717, 1.165) is 55.0 Å². The Balaban J connectivity index is 0.000000146. The lowest BCUT2D eigenvalue weighted by molar-refractivity contribution is 0.614. The van der Waals surface area contributed by atoms with E-state index < -0.39 is 11.6 Å². The lowest BCUT2D eigenvalue weighted by atomic mass is 10.1. The maximum atomic E-state index is 14.4. The van der Waals surface area contributed by atoms with Crippen molar-refractivity contribution in [3.8, 4) is 44.4 Å². The Morgan fingerprint density at radius 2 is 1.00 bits per heavy atom. The molecule has 12 heteroatoms. The second-order valence-corrected chi connectivity index (χ2v) is 14.7. The molecule has 0 atom stereocenters. The van der Waals surface area contributed by atoms with Crippen LogP contribution in [0.5, 0.6) is 0 Å². The molecule has 0 aliphatic carbocycles. The lowest BCUT2D eigenvalue weighted by Crippen LogP contribution is -1.97. The molecule has 0 saturated heterocycles. The van der Waals surface area contributed by atoms with Crippen LogP contribution in [-0.4, -0.2) is 29.1 Å². The minimum absolute atomic E-state index is 0.0494. The Labute approximate surface area is 326 Å². The molecule has 4 aromatic carbocycles. The molecule has 268 valence electrons. The number of aromatic nitrogens is 6. The van der Waals surface area contributed by atoms with Crippen molar-refractivity contribution in [1.29, 1.82) is 10.5 Å². The van der Waals surface area contributed by atoms with Crippen molar-refractivity contribution in [1.82, 2.24) is 29.1 Å². The van der Waals surface area contributed by atoms with Crippen molar-refractivity contribution in [3.63, 3.8) is 0 Å². The van der Waals surface area contributed by atoms with Crippen molar-refractivity contribution < 1.29 is 8.78 Å². The third kappa shape index (κ3) is 6.33. The van der Waals surface area contributed by atoms with E-state index >= 15 is 0 Å².